The number of hydrogen-bond acceptors (Lipinski definition) is 0. The Morgan fingerprint density at radius 3 is 0.647 bits per heavy atom. The smallest absolute Gasteiger partial charge is 0.00137 e. The summed E-state index contributed by atoms with van der Waals surface area (Å²) < 4.78 is 0. The van der Waals surface area contributed by atoms with Gasteiger partial charge in [0.05, 0.1) is 0 Å². The molecule has 0 bridgehead atoms. The molecule has 0 aliphatic rings. The van der Waals surface area contributed by atoms with Crippen LogP contribution in [-0.4, -0.2) is 0 Å². The van der Waals surface area contributed by atoms with Crippen molar-refractivity contribution < 1.29 is 0 Å². The molecule has 0 spiro atoms. The molecule has 13 rings (SSSR count). The van der Waals surface area contributed by atoms with Crippen LogP contribution in [0.3, 0.4) is 0 Å². The van der Waals surface area contributed by atoms with Crippen molar-refractivity contribution in [2.45, 2.75) is 144 Å². The molecule has 0 aliphatic carbocycles. The summed E-state index contributed by atoms with van der Waals surface area (Å²) in [6, 6.07) is 40.2. The molecule has 0 radical (unpaired) electrons. The SMILES string of the molecule is CC(C)c1c2c3ccc4c5cc(C(C)(C)C)cc6cc(C(C)(C)C)cc(c7ccc(c2c(C(C)C)c2c8ccc9c%10cc(C(C)(C)C)cc%11cc(C(C)(C)C)cc(c%12ccc(c12)c8c%129)c%11%10)c3c47)c65. The highest BCUT2D eigenvalue weighted by molar-refractivity contribution is 6.47. The van der Waals surface area contributed by atoms with E-state index in [0.29, 0.717) is 11.8 Å². The first-order chi connectivity index (χ1) is 31.9. The average Bonchev–Trinajstić information content (AvgIpc) is 3.77. The Kier molecular flexibility index (Phi) is 8.06. The molecule has 0 N–H and O–H groups in total. The quantitative estimate of drug-likeness (QED) is 0.120. The Bertz CT molecular complexity index is 3780. The lowest BCUT2D eigenvalue weighted by Crippen LogP contribution is -2.12. The van der Waals surface area contributed by atoms with E-state index in [2.05, 4.69) is 208 Å². The van der Waals surface area contributed by atoms with Crippen LogP contribution in [0, 0.1) is 0 Å². The van der Waals surface area contributed by atoms with E-state index in [0.717, 1.165) is 0 Å². The molecule has 0 aliphatic heterocycles. The predicted octanol–water partition coefficient (Wildman–Crippen LogP) is 20.7. The van der Waals surface area contributed by atoms with Gasteiger partial charge in [0.2, 0.25) is 0 Å². The van der Waals surface area contributed by atoms with E-state index >= 15 is 0 Å². The molecule has 0 saturated heterocycles. The van der Waals surface area contributed by atoms with Gasteiger partial charge < -0.3 is 0 Å². The average molecular weight is 883 g/mol. The van der Waals surface area contributed by atoms with Crippen LogP contribution in [0.5, 0.6) is 0 Å². The summed E-state index contributed by atoms with van der Waals surface area (Å²) in [5.74, 6) is 0.616. The highest BCUT2D eigenvalue weighted by atomic mass is 14.3. The Balaban J connectivity index is 1.24. The van der Waals surface area contributed by atoms with Crippen LogP contribution in [-0.2, 0) is 21.7 Å². The van der Waals surface area contributed by atoms with Gasteiger partial charge in [0, 0.05) is 0 Å². The fourth-order valence-electron chi connectivity index (χ4n) is 13.4. The zero-order chi connectivity index (χ0) is 47.8. The van der Waals surface area contributed by atoms with Gasteiger partial charge in [-0.2, -0.15) is 0 Å². The topological polar surface area (TPSA) is 0 Å². The van der Waals surface area contributed by atoms with Gasteiger partial charge in [-0.1, -0.05) is 184 Å². The minimum absolute atomic E-state index is 0.0214. The molecule has 0 heterocycles. The third kappa shape index (κ3) is 5.33. The van der Waals surface area contributed by atoms with Crippen molar-refractivity contribution in [3.8, 4) is 0 Å². The van der Waals surface area contributed by atoms with Crippen LogP contribution in [0.15, 0.2) is 97.1 Å². The lowest BCUT2D eigenvalue weighted by molar-refractivity contribution is 0.589. The van der Waals surface area contributed by atoms with Crippen LogP contribution in [0.2, 0.25) is 0 Å². The molecule has 68 heavy (non-hydrogen) atoms. The third-order valence-corrected chi connectivity index (χ3v) is 16.9. The largest absolute Gasteiger partial charge is 0.0586 e. The molecule has 0 nitrogen and oxygen atoms in total. The van der Waals surface area contributed by atoms with E-state index in [1.54, 1.807) is 0 Å². The third-order valence-electron chi connectivity index (χ3n) is 16.9. The molecule has 0 heteroatoms. The van der Waals surface area contributed by atoms with Crippen LogP contribution >= 0.6 is 0 Å². The van der Waals surface area contributed by atoms with Gasteiger partial charge >= 0.3 is 0 Å². The normalized spacial score (nSPS) is 14.1. The highest BCUT2D eigenvalue weighted by Crippen LogP contribution is 2.57. The summed E-state index contributed by atoms with van der Waals surface area (Å²) >= 11 is 0. The summed E-state index contributed by atoms with van der Waals surface area (Å²) in [7, 11) is 0. The first kappa shape index (κ1) is 42.1. The number of benzene rings is 11. The summed E-state index contributed by atoms with van der Waals surface area (Å²) in [5.41, 5.74) is 8.69. The molecule has 0 unspecified atom stereocenters. The summed E-state index contributed by atoms with van der Waals surface area (Å²) in [6.07, 6.45) is 0. The van der Waals surface area contributed by atoms with Crippen molar-refractivity contribution in [2.75, 3.05) is 0 Å². The number of fused-ring (bicyclic) bond motifs is 10. The molecule has 0 saturated carbocycles. The Morgan fingerprint density at radius 2 is 0.441 bits per heavy atom. The lowest BCUT2D eigenvalue weighted by Gasteiger charge is -2.25. The maximum Gasteiger partial charge on any atom is -0.00137 e. The molecular weight excluding hydrogens is 817 g/mol. The van der Waals surface area contributed by atoms with E-state index in [1.807, 2.05) is 0 Å². The van der Waals surface area contributed by atoms with Gasteiger partial charge in [-0.15, -0.1) is 0 Å². The Morgan fingerprint density at radius 1 is 0.235 bits per heavy atom. The van der Waals surface area contributed by atoms with Crippen LogP contribution < -0.4 is 0 Å². The fraction of sp³-hybridized carbons (Fsp3) is 0.324. The zero-order valence-corrected chi connectivity index (χ0v) is 43.4. The monoisotopic (exact) mass is 883 g/mol. The molecule has 0 amide bonds. The van der Waals surface area contributed by atoms with Gasteiger partial charge in [-0.3, -0.25) is 0 Å². The molecule has 13 aromatic carbocycles. The van der Waals surface area contributed by atoms with E-state index in [1.165, 1.54) is 163 Å². The first-order valence-electron chi connectivity index (χ1n) is 25.6. The second-order valence-corrected chi connectivity index (χ2v) is 26.1. The fourth-order valence-corrected chi connectivity index (χ4v) is 13.4. The van der Waals surface area contributed by atoms with Gasteiger partial charge in [0.15, 0.2) is 0 Å². The van der Waals surface area contributed by atoms with Crippen molar-refractivity contribution in [1.29, 1.82) is 0 Å². The Labute approximate surface area is 402 Å². The van der Waals surface area contributed by atoms with Crippen LogP contribution in [0.1, 0.15) is 156 Å². The van der Waals surface area contributed by atoms with E-state index in [9.17, 15) is 0 Å². The maximum atomic E-state index is 2.53. The summed E-state index contributed by atoms with van der Waals surface area (Å²) in [4.78, 5) is 0. The molecule has 338 valence electrons. The number of hydrogen-bond donors (Lipinski definition) is 0. The number of rotatable bonds is 2. The van der Waals surface area contributed by atoms with E-state index < -0.39 is 0 Å². The van der Waals surface area contributed by atoms with E-state index in [4.69, 9.17) is 0 Å². The van der Waals surface area contributed by atoms with Gasteiger partial charge in [-0.25, -0.2) is 0 Å². The summed E-state index contributed by atoms with van der Waals surface area (Å²) in [6.45, 7) is 38.2. The summed E-state index contributed by atoms with van der Waals surface area (Å²) in [5, 5.41) is 33.9. The van der Waals surface area contributed by atoms with Crippen molar-refractivity contribution >= 4 is 129 Å². The van der Waals surface area contributed by atoms with Gasteiger partial charge in [0.25, 0.3) is 0 Å². The van der Waals surface area contributed by atoms with Crippen molar-refractivity contribution in [2.24, 2.45) is 0 Å². The molecule has 13 aromatic rings. The van der Waals surface area contributed by atoms with Gasteiger partial charge in [-0.05, 0) is 220 Å². The molecular formula is C68H66. The molecule has 0 fully saturated rings. The minimum atomic E-state index is 0.0214. The maximum absolute atomic E-state index is 2.53. The highest BCUT2D eigenvalue weighted by Gasteiger charge is 2.32. The molecule has 0 atom stereocenters. The van der Waals surface area contributed by atoms with Crippen LogP contribution in [0.25, 0.3) is 129 Å². The standard InChI is InChI=1S/C68H66/c1-33(2)53-61-45-21-17-41-49-29-37(65(5,6)7)25-35-27-39(67(11,12)13)31-51(55(35)49)43-19-23-47(59(45)57(41)43)63(61)54(34(3)4)64-48-24-20-44-52-32-40(68(14,15)16)28-36-26-38(66(8,9)10)30-50(56(36)52)42-18-22-46(62(53)64)60(48)58(42)44/h17-34H,1-16H3. The molecule has 0 aromatic heterocycles. The van der Waals surface area contributed by atoms with Crippen molar-refractivity contribution in [3.05, 3.63) is 130 Å². The minimum Gasteiger partial charge on any atom is -0.0586 e. The van der Waals surface area contributed by atoms with Crippen molar-refractivity contribution in [1.82, 2.24) is 0 Å². The Hall–Kier alpha value is -5.98. The van der Waals surface area contributed by atoms with Crippen LogP contribution in [0.4, 0.5) is 0 Å². The second-order valence-electron chi connectivity index (χ2n) is 26.1. The van der Waals surface area contributed by atoms with Gasteiger partial charge in [0.1, 0.15) is 0 Å². The lowest BCUT2D eigenvalue weighted by atomic mass is 9.79. The van der Waals surface area contributed by atoms with Crippen molar-refractivity contribution in [3.63, 3.8) is 0 Å². The van der Waals surface area contributed by atoms with E-state index in [-0.39, 0.29) is 21.7 Å². The zero-order valence-electron chi connectivity index (χ0n) is 43.4. The first-order valence-corrected chi connectivity index (χ1v) is 25.6. The second kappa shape index (κ2) is 13.0. The predicted molar refractivity (Wildman–Crippen MR) is 304 cm³/mol.